The fraction of sp³-hybridized carbons (Fsp3) is 0.250. The first-order chi connectivity index (χ1) is 12.7. The molecule has 1 aliphatic rings. The predicted octanol–water partition coefficient (Wildman–Crippen LogP) is 3.61. The predicted molar refractivity (Wildman–Crippen MR) is 95.3 cm³/mol. The molecule has 132 valence electrons. The zero-order valence-corrected chi connectivity index (χ0v) is 14.5. The van der Waals surface area contributed by atoms with Crippen molar-refractivity contribution in [2.75, 3.05) is 7.11 Å². The third-order valence-electron chi connectivity index (χ3n) is 4.58. The molecule has 0 radical (unpaired) electrons. The SMILES string of the molecule is COc1cccc(-c2noc(C3CCC(=O)N3Cc3ccccc3)n2)c1. The highest BCUT2D eigenvalue weighted by molar-refractivity contribution is 5.78. The average Bonchev–Trinajstić information content (AvgIpc) is 3.30. The molecule has 6 nitrogen and oxygen atoms in total. The Balaban J connectivity index is 1.58. The van der Waals surface area contributed by atoms with E-state index in [1.807, 2.05) is 59.5 Å². The van der Waals surface area contributed by atoms with Gasteiger partial charge in [0.25, 0.3) is 0 Å². The van der Waals surface area contributed by atoms with Gasteiger partial charge in [-0.25, -0.2) is 0 Å². The second kappa shape index (κ2) is 7.00. The Morgan fingerprint density at radius 2 is 2.04 bits per heavy atom. The summed E-state index contributed by atoms with van der Waals surface area (Å²) >= 11 is 0. The molecule has 1 amide bonds. The summed E-state index contributed by atoms with van der Waals surface area (Å²) in [6, 6.07) is 17.2. The van der Waals surface area contributed by atoms with Crippen molar-refractivity contribution in [3.63, 3.8) is 0 Å². The molecular weight excluding hydrogens is 330 g/mol. The lowest BCUT2D eigenvalue weighted by Crippen LogP contribution is -2.27. The Morgan fingerprint density at radius 1 is 1.19 bits per heavy atom. The standard InChI is InChI=1S/C20H19N3O3/c1-25-16-9-5-8-15(12-16)19-21-20(26-22-19)17-10-11-18(24)23(17)13-14-6-3-2-4-7-14/h2-9,12,17H,10-11,13H2,1H3. The Kier molecular flexibility index (Phi) is 4.39. The van der Waals surface area contributed by atoms with Crippen molar-refractivity contribution in [1.29, 1.82) is 0 Å². The number of aromatic nitrogens is 2. The van der Waals surface area contributed by atoms with Crippen LogP contribution in [0.5, 0.6) is 5.75 Å². The van der Waals surface area contributed by atoms with E-state index in [1.54, 1.807) is 7.11 Å². The Morgan fingerprint density at radius 3 is 2.85 bits per heavy atom. The zero-order valence-electron chi connectivity index (χ0n) is 14.5. The summed E-state index contributed by atoms with van der Waals surface area (Å²) in [7, 11) is 1.62. The van der Waals surface area contributed by atoms with E-state index in [4.69, 9.17) is 9.26 Å². The molecule has 1 unspecified atom stereocenters. The highest BCUT2D eigenvalue weighted by Gasteiger charge is 2.36. The maximum absolute atomic E-state index is 12.3. The minimum Gasteiger partial charge on any atom is -0.497 e. The van der Waals surface area contributed by atoms with E-state index in [-0.39, 0.29) is 11.9 Å². The fourth-order valence-corrected chi connectivity index (χ4v) is 3.22. The van der Waals surface area contributed by atoms with E-state index in [9.17, 15) is 4.79 Å². The number of hydrogen-bond donors (Lipinski definition) is 0. The van der Waals surface area contributed by atoms with Gasteiger partial charge in [-0.15, -0.1) is 0 Å². The number of ether oxygens (including phenoxy) is 1. The number of amides is 1. The third kappa shape index (κ3) is 3.18. The summed E-state index contributed by atoms with van der Waals surface area (Å²) in [6.07, 6.45) is 1.18. The quantitative estimate of drug-likeness (QED) is 0.704. The van der Waals surface area contributed by atoms with Crippen molar-refractivity contribution in [3.05, 3.63) is 66.1 Å². The lowest BCUT2D eigenvalue weighted by molar-refractivity contribution is -0.129. The minimum absolute atomic E-state index is 0.111. The van der Waals surface area contributed by atoms with E-state index in [0.29, 0.717) is 31.1 Å². The van der Waals surface area contributed by atoms with Gasteiger partial charge >= 0.3 is 0 Å². The Hall–Kier alpha value is -3.15. The highest BCUT2D eigenvalue weighted by atomic mass is 16.5. The smallest absolute Gasteiger partial charge is 0.249 e. The van der Waals surface area contributed by atoms with E-state index < -0.39 is 0 Å². The first-order valence-electron chi connectivity index (χ1n) is 8.56. The van der Waals surface area contributed by atoms with Gasteiger partial charge in [0.15, 0.2) is 0 Å². The average molecular weight is 349 g/mol. The number of benzene rings is 2. The molecule has 1 aromatic heterocycles. The number of carbonyl (C=O) groups excluding carboxylic acids is 1. The molecule has 0 bridgehead atoms. The van der Waals surface area contributed by atoms with Gasteiger partial charge in [-0.3, -0.25) is 4.79 Å². The molecule has 0 aliphatic carbocycles. The van der Waals surface area contributed by atoms with Gasteiger partial charge in [0, 0.05) is 18.5 Å². The van der Waals surface area contributed by atoms with Crippen LogP contribution in [0, 0.1) is 0 Å². The van der Waals surface area contributed by atoms with Gasteiger partial charge < -0.3 is 14.2 Å². The molecule has 2 heterocycles. The largest absolute Gasteiger partial charge is 0.497 e. The highest BCUT2D eigenvalue weighted by Crippen LogP contribution is 2.34. The normalized spacial score (nSPS) is 16.9. The fourth-order valence-electron chi connectivity index (χ4n) is 3.22. The van der Waals surface area contributed by atoms with Gasteiger partial charge in [0.1, 0.15) is 11.8 Å². The zero-order chi connectivity index (χ0) is 17.9. The molecular formula is C20H19N3O3. The molecule has 0 saturated carbocycles. The van der Waals surface area contributed by atoms with Crippen molar-refractivity contribution in [2.45, 2.75) is 25.4 Å². The van der Waals surface area contributed by atoms with Crippen LogP contribution in [0.15, 0.2) is 59.1 Å². The van der Waals surface area contributed by atoms with Crippen molar-refractivity contribution in [2.24, 2.45) is 0 Å². The van der Waals surface area contributed by atoms with Gasteiger partial charge in [0.2, 0.25) is 17.6 Å². The number of hydrogen-bond acceptors (Lipinski definition) is 5. The summed E-state index contributed by atoms with van der Waals surface area (Å²) in [5, 5.41) is 4.09. The minimum atomic E-state index is -0.186. The molecule has 4 rings (SSSR count). The van der Waals surface area contributed by atoms with Crippen LogP contribution in [0.1, 0.15) is 30.3 Å². The van der Waals surface area contributed by atoms with E-state index >= 15 is 0 Å². The van der Waals surface area contributed by atoms with Gasteiger partial charge in [-0.05, 0) is 24.1 Å². The van der Waals surface area contributed by atoms with Crippen molar-refractivity contribution in [3.8, 4) is 17.1 Å². The van der Waals surface area contributed by atoms with E-state index in [2.05, 4.69) is 10.1 Å². The van der Waals surface area contributed by atoms with Crippen LogP contribution in [0.3, 0.4) is 0 Å². The maximum atomic E-state index is 12.3. The van der Waals surface area contributed by atoms with Crippen LogP contribution in [0.4, 0.5) is 0 Å². The molecule has 26 heavy (non-hydrogen) atoms. The summed E-state index contributed by atoms with van der Waals surface area (Å²) < 4.78 is 10.7. The summed E-state index contributed by atoms with van der Waals surface area (Å²) in [4.78, 5) is 18.7. The monoisotopic (exact) mass is 349 g/mol. The van der Waals surface area contributed by atoms with Crippen LogP contribution in [-0.4, -0.2) is 28.1 Å². The molecule has 3 aromatic rings. The van der Waals surface area contributed by atoms with Crippen molar-refractivity contribution in [1.82, 2.24) is 15.0 Å². The van der Waals surface area contributed by atoms with Crippen LogP contribution < -0.4 is 4.74 Å². The van der Waals surface area contributed by atoms with Crippen molar-refractivity contribution < 1.29 is 14.1 Å². The van der Waals surface area contributed by atoms with Crippen LogP contribution in [0.25, 0.3) is 11.4 Å². The number of carbonyl (C=O) groups is 1. The summed E-state index contributed by atoms with van der Waals surface area (Å²) in [5.74, 6) is 1.82. The lowest BCUT2D eigenvalue weighted by atomic mass is 10.1. The number of rotatable bonds is 5. The maximum Gasteiger partial charge on any atom is 0.249 e. The molecule has 1 saturated heterocycles. The molecule has 1 atom stereocenters. The Bertz CT molecular complexity index is 907. The molecule has 0 spiro atoms. The number of nitrogens with zero attached hydrogens (tertiary/aromatic N) is 3. The van der Waals surface area contributed by atoms with E-state index in [1.165, 1.54) is 0 Å². The first-order valence-corrected chi connectivity index (χ1v) is 8.56. The number of methoxy groups -OCH3 is 1. The first kappa shape index (κ1) is 16.3. The topological polar surface area (TPSA) is 68.5 Å². The van der Waals surface area contributed by atoms with E-state index in [0.717, 1.165) is 16.9 Å². The molecule has 2 aromatic carbocycles. The third-order valence-corrected chi connectivity index (χ3v) is 4.58. The molecule has 0 N–H and O–H groups in total. The molecule has 1 aliphatic heterocycles. The molecule has 1 fully saturated rings. The lowest BCUT2D eigenvalue weighted by Gasteiger charge is -2.22. The van der Waals surface area contributed by atoms with Crippen LogP contribution >= 0.6 is 0 Å². The van der Waals surface area contributed by atoms with Crippen LogP contribution in [-0.2, 0) is 11.3 Å². The van der Waals surface area contributed by atoms with Gasteiger partial charge in [-0.1, -0.05) is 47.6 Å². The van der Waals surface area contributed by atoms with Gasteiger partial charge in [-0.2, -0.15) is 4.98 Å². The van der Waals surface area contributed by atoms with Crippen molar-refractivity contribution >= 4 is 5.91 Å². The number of likely N-dealkylation sites (tertiary alicyclic amines) is 1. The van der Waals surface area contributed by atoms with Crippen LogP contribution in [0.2, 0.25) is 0 Å². The molecule has 6 heteroatoms. The Labute approximate surface area is 151 Å². The second-order valence-corrected chi connectivity index (χ2v) is 6.25. The second-order valence-electron chi connectivity index (χ2n) is 6.25. The summed E-state index contributed by atoms with van der Waals surface area (Å²) in [6.45, 7) is 0.543. The summed E-state index contributed by atoms with van der Waals surface area (Å²) in [5.41, 5.74) is 1.90. The van der Waals surface area contributed by atoms with Gasteiger partial charge in [0.05, 0.1) is 7.11 Å².